The van der Waals surface area contributed by atoms with Gasteiger partial charge in [-0.15, -0.1) is 0 Å². The summed E-state index contributed by atoms with van der Waals surface area (Å²) >= 11 is 0. The molecular weight excluding hydrogens is 220 g/mol. The van der Waals surface area contributed by atoms with E-state index in [9.17, 15) is 13.2 Å². The molecule has 0 amide bonds. The van der Waals surface area contributed by atoms with E-state index in [2.05, 4.69) is 4.18 Å². The van der Waals surface area contributed by atoms with Crippen molar-refractivity contribution in [3.63, 3.8) is 0 Å². The molecule has 84 valence electrons. The fourth-order valence-corrected chi connectivity index (χ4v) is 1.19. The fraction of sp³-hybridized carbons (Fsp3) is 0.800. The molecule has 9 heteroatoms. The first-order chi connectivity index (χ1) is 6.31. The second-order valence-electron chi connectivity index (χ2n) is 2.37. The van der Waals surface area contributed by atoms with E-state index in [1.54, 1.807) is 0 Å². The molecule has 4 N–H and O–H groups in total. The number of aliphatic hydroxyl groups is 3. The summed E-state index contributed by atoms with van der Waals surface area (Å²) in [7, 11) is -4.92. The standard InChI is InChI=1S/C5H10O8S/c6-1-3(8)5(4(9)2-7)13-14(10,11)12/h1,3-5,7-9H,2H2,(H,10,11,12)/t3-,4+,5+/m0/s1. The van der Waals surface area contributed by atoms with E-state index in [1.165, 1.54) is 0 Å². The van der Waals surface area contributed by atoms with Crippen LogP contribution in [0.15, 0.2) is 0 Å². The van der Waals surface area contributed by atoms with Crippen LogP contribution in [0.4, 0.5) is 0 Å². The maximum Gasteiger partial charge on any atom is 0.397 e. The van der Waals surface area contributed by atoms with Gasteiger partial charge in [-0.1, -0.05) is 0 Å². The van der Waals surface area contributed by atoms with Crippen molar-refractivity contribution >= 4 is 16.7 Å². The first kappa shape index (κ1) is 13.4. The van der Waals surface area contributed by atoms with Crippen LogP contribution < -0.4 is 0 Å². The van der Waals surface area contributed by atoms with Gasteiger partial charge in [0.15, 0.2) is 6.29 Å². The van der Waals surface area contributed by atoms with Gasteiger partial charge < -0.3 is 20.1 Å². The summed E-state index contributed by atoms with van der Waals surface area (Å²) in [5, 5.41) is 26.2. The lowest BCUT2D eigenvalue weighted by atomic mass is 10.1. The van der Waals surface area contributed by atoms with Gasteiger partial charge >= 0.3 is 10.4 Å². The van der Waals surface area contributed by atoms with Crippen LogP contribution in [-0.4, -0.2) is 59.5 Å². The largest absolute Gasteiger partial charge is 0.397 e. The van der Waals surface area contributed by atoms with Crippen LogP contribution in [0.5, 0.6) is 0 Å². The molecule has 0 aliphatic rings. The highest BCUT2D eigenvalue weighted by molar-refractivity contribution is 7.80. The SMILES string of the molecule is O=C[C@H](O)[C@@H](OS(=O)(=O)O)[C@H](O)CO. The second kappa shape index (κ2) is 5.34. The van der Waals surface area contributed by atoms with Gasteiger partial charge in [0.1, 0.15) is 18.3 Å². The van der Waals surface area contributed by atoms with Gasteiger partial charge in [0.2, 0.25) is 0 Å². The molecule has 0 aromatic carbocycles. The van der Waals surface area contributed by atoms with Gasteiger partial charge in [0, 0.05) is 0 Å². The lowest BCUT2D eigenvalue weighted by molar-refractivity contribution is -0.125. The Bertz CT molecular complexity index is 271. The zero-order chi connectivity index (χ0) is 11.4. The summed E-state index contributed by atoms with van der Waals surface area (Å²) in [6, 6.07) is 0. The predicted molar refractivity (Wildman–Crippen MR) is 41.6 cm³/mol. The van der Waals surface area contributed by atoms with E-state index in [4.69, 9.17) is 19.9 Å². The second-order valence-corrected chi connectivity index (χ2v) is 3.41. The molecule has 0 fully saturated rings. The summed E-state index contributed by atoms with van der Waals surface area (Å²) < 4.78 is 32.4. The molecule has 0 aliphatic heterocycles. The molecule has 0 saturated carbocycles. The molecule has 0 aliphatic carbocycles. The number of aliphatic hydroxyl groups excluding tert-OH is 3. The van der Waals surface area contributed by atoms with Crippen LogP contribution in [0.25, 0.3) is 0 Å². The normalized spacial score (nSPS) is 18.6. The molecule has 3 atom stereocenters. The smallest absolute Gasteiger partial charge is 0.394 e. The highest BCUT2D eigenvalue weighted by Gasteiger charge is 2.31. The van der Waals surface area contributed by atoms with E-state index < -0.39 is 35.3 Å². The van der Waals surface area contributed by atoms with Gasteiger partial charge in [0.25, 0.3) is 0 Å². The Hall–Kier alpha value is -0.580. The van der Waals surface area contributed by atoms with E-state index in [-0.39, 0.29) is 6.29 Å². The van der Waals surface area contributed by atoms with Crippen LogP contribution >= 0.6 is 0 Å². The third-order valence-corrected chi connectivity index (χ3v) is 1.74. The van der Waals surface area contributed by atoms with E-state index >= 15 is 0 Å². The Kier molecular flexibility index (Phi) is 5.12. The van der Waals surface area contributed by atoms with Crippen molar-refractivity contribution < 1.29 is 37.3 Å². The van der Waals surface area contributed by atoms with E-state index in [0.717, 1.165) is 0 Å². The highest BCUT2D eigenvalue weighted by Crippen LogP contribution is 2.07. The molecule has 0 rings (SSSR count). The summed E-state index contributed by atoms with van der Waals surface area (Å²) in [6.45, 7) is -0.939. The minimum atomic E-state index is -4.92. The minimum Gasteiger partial charge on any atom is -0.394 e. The third-order valence-electron chi connectivity index (χ3n) is 1.28. The van der Waals surface area contributed by atoms with E-state index in [1.807, 2.05) is 0 Å². The van der Waals surface area contributed by atoms with Crippen molar-refractivity contribution in [1.29, 1.82) is 0 Å². The predicted octanol–water partition coefficient (Wildman–Crippen LogP) is -2.91. The number of carbonyl (C=O) groups is 1. The number of rotatable bonds is 6. The average Bonchev–Trinajstić information content (AvgIpc) is 2.10. The zero-order valence-corrected chi connectivity index (χ0v) is 7.66. The highest BCUT2D eigenvalue weighted by atomic mass is 32.3. The van der Waals surface area contributed by atoms with Gasteiger partial charge in [-0.2, -0.15) is 8.42 Å². The molecule has 0 aromatic heterocycles. The summed E-state index contributed by atoms with van der Waals surface area (Å²) in [6.07, 6.45) is -5.82. The summed E-state index contributed by atoms with van der Waals surface area (Å²) in [5.74, 6) is 0. The average molecular weight is 230 g/mol. The summed E-state index contributed by atoms with van der Waals surface area (Å²) in [4.78, 5) is 10.1. The van der Waals surface area contributed by atoms with Crippen LogP contribution in [0.1, 0.15) is 0 Å². The maximum atomic E-state index is 10.2. The number of aldehydes is 1. The Labute approximate surface area is 79.7 Å². The Morgan fingerprint density at radius 3 is 2.14 bits per heavy atom. The molecule has 0 aromatic rings. The number of hydrogen-bond donors (Lipinski definition) is 4. The van der Waals surface area contributed by atoms with Crippen molar-refractivity contribution in [3.8, 4) is 0 Å². The molecule has 0 radical (unpaired) electrons. The monoisotopic (exact) mass is 230 g/mol. The number of carbonyl (C=O) groups excluding carboxylic acids is 1. The van der Waals surface area contributed by atoms with Gasteiger partial charge in [-0.25, -0.2) is 4.18 Å². The third kappa shape index (κ3) is 4.60. The van der Waals surface area contributed by atoms with Crippen LogP contribution in [0, 0.1) is 0 Å². The lowest BCUT2D eigenvalue weighted by Gasteiger charge is -2.21. The lowest BCUT2D eigenvalue weighted by Crippen LogP contribution is -2.43. The summed E-state index contributed by atoms with van der Waals surface area (Å²) in [5.41, 5.74) is 0. The first-order valence-electron chi connectivity index (χ1n) is 3.39. The Morgan fingerprint density at radius 1 is 1.36 bits per heavy atom. The van der Waals surface area contributed by atoms with Crippen molar-refractivity contribution in [3.05, 3.63) is 0 Å². The molecule has 0 spiro atoms. The quantitative estimate of drug-likeness (QED) is 0.281. The molecule has 8 nitrogen and oxygen atoms in total. The molecule has 14 heavy (non-hydrogen) atoms. The van der Waals surface area contributed by atoms with Crippen LogP contribution in [0.2, 0.25) is 0 Å². The van der Waals surface area contributed by atoms with Gasteiger partial charge in [-0.05, 0) is 0 Å². The molecule has 0 saturated heterocycles. The van der Waals surface area contributed by atoms with Crippen LogP contribution in [0.3, 0.4) is 0 Å². The van der Waals surface area contributed by atoms with Crippen molar-refractivity contribution in [2.75, 3.05) is 6.61 Å². The Morgan fingerprint density at radius 2 is 1.86 bits per heavy atom. The minimum absolute atomic E-state index is 0.102. The van der Waals surface area contributed by atoms with Crippen molar-refractivity contribution in [2.45, 2.75) is 18.3 Å². The van der Waals surface area contributed by atoms with Crippen LogP contribution in [-0.2, 0) is 19.4 Å². The number of hydrogen-bond acceptors (Lipinski definition) is 7. The molecule has 0 bridgehead atoms. The maximum absolute atomic E-state index is 10.2. The topological polar surface area (TPSA) is 141 Å². The van der Waals surface area contributed by atoms with Crippen molar-refractivity contribution in [2.24, 2.45) is 0 Å². The Balaban J connectivity index is 4.64. The van der Waals surface area contributed by atoms with Gasteiger partial charge in [0.05, 0.1) is 6.61 Å². The molecular formula is C5H10O8S. The van der Waals surface area contributed by atoms with E-state index in [0.29, 0.717) is 0 Å². The first-order valence-corrected chi connectivity index (χ1v) is 4.76. The molecule has 0 unspecified atom stereocenters. The zero-order valence-electron chi connectivity index (χ0n) is 6.85. The fourth-order valence-electron chi connectivity index (χ4n) is 0.670. The molecule has 0 heterocycles. The van der Waals surface area contributed by atoms with Crippen molar-refractivity contribution in [1.82, 2.24) is 0 Å². The van der Waals surface area contributed by atoms with Gasteiger partial charge in [-0.3, -0.25) is 4.55 Å².